The number of azo groups is 1. The van der Waals surface area contributed by atoms with Crippen LogP contribution in [-0.4, -0.2) is 18.5 Å². The van der Waals surface area contributed by atoms with Crippen LogP contribution < -0.4 is 11.1 Å². The summed E-state index contributed by atoms with van der Waals surface area (Å²) in [6.07, 6.45) is 2.95. The Bertz CT molecular complexity index is 1370. The Hall–Kier alpha value is -2.49. The lowest BCUT2D eigenvalue weighted by Gasteiger charge is -2.11. The maximum Gasteiger partial charge on any atom is 0.299 e. The van der Waals surface area contributed by atoms with Gasteiger partial charge in [-0.25, -0.2) is 4.68 Å². The maximum absolute atomic E-state index is 13.3. The van der Waals surface area contributed by atoms with E-state index in [0.29, 0.717) is 45.7 Å². The lowest BCUT2D eigenvalue weighted by Crippen LogP contribution is -2.23. The number of aryl methyl sites for hydroxylation is 1. The van der Waals surface area contributed by atoms with Crippen molar-refractivity contribution >= 4 is 46.8 Å². The molecule has 3 rings (SSSR count). The van der Waals surface area contributed by atoms with Gasteiger partial charge in [-0.2, -0.15) is 0 Å². The molecule has 1 aromatic carbocycles. The number of halogens is 2. The SMILES string of the molecule is CCCc1c(N=Nc2cn(CC)c(=S)n(CC)c2=O)c(=O)n(-c2ccc(Cl)cc2Cl)n1C. The van der Waals surface area contributed by atoms with Crippen LogP contribution in [0.15, 0.2) is 44.2 Å². The third-order valence-electron chi connectivity index (χ3n) is 5.12. The Morgan fingerprint density at radius 3 is 2.34 bits per heavy atom. The number of hydrogen-bond acceptors (Lipinski definition) is 5. The first kappa shape index (κ1) is 24.2. The van der Waals surface area contributed by atoms with Crippen molar-refractivity contribution in [3.8, 4) is 5.69 Å². The summed E-state index contributed by atoms with van der Waals surface area (Å²) < 4.78 is 6.76. The van der Waals surface area contributed by atoms with Gasteiger partial charge in [0.15, 0.2) is 16.1 Å². The minimum atomic E-state index is -0.386. The van der Waals surface area contributed by atoms with E-state index in [1.54, 1.807) is 40.7 Å². The highest BCUT2D eigenvalue weighted by Crippen LogP contribution is 2.27. The molecule has 0 unspecified atom stereocenters. The Morgan fingerprint density at radius 1 is 1.03 bits per heavy atom. The van der Waals surface area contributed by atoms with Gasteiger partial charge in [-0.1, -0.05) is 36.5 Å². The molecule has 2 heterocycles. The molecule has 0 aliphatic rings. The van der Waals surface area contributed by atoms with Crippen molar-refractivity contribution in [2.24, 2.45) is 17.3 Å². The zero-order chi connectivity index (χ0) is 23.6. The van der Waals surface area contributed by atoms with Crippen LogP contribution in [0, 0.1) is 4.77 Å². The predicted molar refractivity (Wildman–Crippen MR) is 130 cm³/mol. The molecule has 0 aliphatic carbocycles. The van der Waals surface area contributed by atoms with Gasteiger partial charge in [-0.3, -0.25) is 18.8 Å². The Morgan fingerprint density at radius 2 is 1.75 bits per heavy atom. The van der Waals surface area contributed by atoms with Gasteiger partial charge in [-0.15, -0.1) is 10.2 Å². The minimum absolute atomic E-state index is 0.115. The van der Waals surface area contributed by atoms with Crippen LogP contribution in [0.5, 0.6) is 0 Å². The summed E-state index contributed by atoms with van der Waals surface area (Å²) in [6.45, 7) is 6.76. The van der Waals surface area contributed by atoms with Crippen LogP contribution in [0.3, 0.4) is 0 Å². The highest BCUT2D eigenvalue weighted by atomic mass is 35.5. The van der Waals surface area contributed by atoms with Gasteiger partial charge in [0, 0.05) is 31.4 Å². The maximum atomic E-state index is 13.3. The smallest absolute Gasteiger partial charge is 0.299 e. The average Bonchev–Trinajstić information content (AvgIpc) is 2.98. The molecular weight excluding hydrogens is 471 g/mol. The second kappa shape index (κ2) is 9.97. The van der Waals surface area contributed by atoms with E-state index in [1.165, 1.54) is 9.25 Å². The van der Waals surface area contributed by atoms with Gasteiger partial charge in [0.05, 0.1) is 16.4 Å². The Balaban J connectivity index is 2.22. The molecule has 0 saturated heterocycles. The van der Waals surface area contributed by atoms with E-state index in [0.717, 1.165) is 6.42 Å². The first-order valence-electron chi connectivity index (χ1n) is 10.3. The first-order valence-corrected chi connectivity index (χ1v) is 11.4. The molecule has 2 aromatic heterocycles. The summed E-state index contributed by atoms with van der Waals surface area (Å²) in [7, 11) is 1.76. The van der Waals surface area contributed by atoms with E-state index in [2.05, 4.69) is 10.2 Å². The molecular formula is C21H24Cl2N6O2S. The normalized spacial score (nSPS) is 11.6. The standard InChI is InChI=1S/C21H24Cl2N6O2S/c1-5-8-17-18(20(31)29(26(17)4)16-10-9-13(22)11-14(16)23)25-24-15-12-27(6-2)21(32)28(7-3)19(15)30/h9-12H,5-8H2,1-4H3. The lowest BCUT2D eigenvalue weighted by molar-refractivity contribution is 0.610. The monoisotopic (exact) mass is 494 g/mol. The highest BCUT2D eigenvalue weighted by molar-refractivity contribution is 7.71. The van der Waals surface area contributed by atoms with Crippen molar-refractivity contribution in [2.45, 2.75) is 46.7 Å². The van der Waals surface area contributed by atoms with E-state index in [4.69, 9.17) is 35.4 Å². The largest absolute Gasteiger partial charge is 0.323 e. The van der Waals surface area contributed by atoms with Crippen molar-refractivity contribution in [1.82, 2.24) is 18.5 Å². The van der Waals surface area contributed by atoms with Crippen LogP contribution in [0.4, 0.5) is 11.4 Å². The molecule has 11 heteroatoms. The third-order valence-corrected chi connectivity index (χ3v) is 6.11. The van der Waals surface area contributed by atoms with Crippen LogP contribution in [0.1, 0.15) is 32.9 Å². The van der Waals surface area contributed by atoms with Crippen molar-refractivity contribution < 1.29 is 0 Å². The van der Waals surface area contributed by atoms with Crippen LogP contribution in [0.25, 0.3) is 5.69 Å². The summed E-state index contributed by atoms with van der Waals surface area (Å²) >= 11 is 17.7. The fourth-order valence-electron chi connectivity index (χ4n) is 3.49. The van der Waals surface area contributed by atoms with Crippen molar-refractivity contribution in [2.75, 3.05) is 0 Å². The second-order valence-electron chi connectivity index (χ2n) is 7.11. The second-order valence-corrected chi connectivity index (χ2v) is 8.32. The van der Waals surface area contributed by atoms with Crippen molar-refractivity contribution in [3.63, 3.8) is 0 Å². The average molecular weight is 495 g/mol. The van der Waals surface area contributed by atoms with Gasteiger partial charge in [0.2, 0.25) is 0 Å². The van der Waals surface area contributed by atoms with Gasteiger partial charge < -0.3 is 4.57 Å². The zero-order valence-electron chi connectivity index (χ0n) is 18.3. The highest BCUT2D eigenvalue weighted by Gasteiger charge is 2.20. The Labute approximate surface area is 200 Å². The molecule has 0 bridgehead atoms. The molecule has 0 amide bonds. The number of nitrogens with zero attached hydrogens (tertiary/aromatic N) is 6. The van der Waals surface area contributed by atoms with E-state index in [-0.39, 0.29) is 22.5 Å². The first-order chi connectivity index (χ1) is 15.2. The van der Waals surface area contributed by atoms with Crippen LogP contribution >= 0.6 is 35.4 Å². The van der Waals surface area contributed by atoms with Gasteiger partial charge in [-0.05, 0) is 50.7 Å². The quantitative estimate of drug-likeness (QED) is 0.317. The summed E-state index contributed by atoms with van der Waals surface area (Å²) in [5.41, 5.74) is 0.710. The molecule has 0 radical (unpaired) electrons. The van der Waals surface area contributed by atoms with Crippen molar-refractivity contribution in [3.05, 3.63) is 65.6 Å². The summed E-state index contributed by atoms with van der Waals surface area (Å²) in [6, 6.07) is 4.91. The molecule has 0 aliphatic heterocycles. The summed E-state index contributed by atoms with van der Waals surface area (Å²) in [5.74, 6) is 0. The fourth-order valence-corrected chi connectivity index (χ4v) is 4.37. The van der Waals surface area contributed by atoms with E-state index in [1.807, 2.05) is 20.8 Å². The minimum Gasteiger partial charge on any atom is -0.323 e. The van der Waals surface area contributed by atoms with E-state index < -0.39 is 0 Å². The van der Waals surface area contributed by atoms with Crippen LogP contribution in [-0.2, 0) is 26.6 Å². The number of hydrogen-bond donors (Lipinski definition) is 0. The number of aromatic nitrogens is 4. The third kappa shape index (κ3) is 4.37. The van der Waals surface area contributed by atoms with Gasteiger partial charge >= 0.3 is 0 Å². The topological polar surface area (TPSA) is 78.6 Å². The molecule has 32 heavy (non-hydrogen) atoms. The van der Waals surface area contributed by atoms with Gasteiger partial charge in [0.25, 0.3) is 11.1 Å². The number of rotatable bonds is 7. The molecule has 0 saturated carbocycles. The molecule has 0 fully saturated rings. The van der Waals surface area contributed by atoms with Crippen LogP contribution in [0.2, 0.25) is 10.0 Å². The molecule has 3 aromatic rings. The molecule has 0 spiro atoms. The van der Waals surface area contributed by atoms with E-state index >= 15 is 0 Å². The number of benzene rings is 1. The van der Waals surface area contributed by atoms with E-state index in [9.17, 15) is 9.59 Å². The van der Waals surface area contributed by atoms with Gasteiger partial charge in [0.1, 0.15) is 0 Å². The Kier molecular flexibility index (Phi) is 7.53. The predicted octanol–water partition coefficient (Wildman–Crippen LogP) is 5.58. The molecule has 0 N–H and O–H groups in total. The lowest BCUT2D eigenvalue weighted by atomic mass is 10.2. The van der Waals surface area contributed by atoms with Crippen molar-refractivity contribution in [1.29, 1.82) is 0 Å². The summed E-state index contributed by atoms with van der Waals surface area (Å²) in [4.78, 5) is 26.1. The molecule has 170 valence electrons. The zero-order valence-corrected chi connectivity index (χ0v) is 20.6. The fraction of sp³-hybridized carbons (Fsp3) is 0.381. The molecule has 0 atom stereocenters. The summed E-state index contributed by atoms with van der Waals surface area (Å²) in [5, 5.41) is 9.20. The molecule has 8 nitrogen and oxygen atoms in total.